The van der Waals surface area contributed by atoms with Crippen LogP contribution in [-0.2, 0) is 0 Å². The van der Waals surface area contributed by atoms with Gasteiger partial charge >= 0.3 is 0 Å². The highest BCUT2D eigenvalue weighted by atomic mass is 16.6. The van der Waals surface area contributed by atoms with Crippen LogP contribution in [-0.4, -0.2) is 76.3 Å². The van der Waals surface area contributed by atoms with Gasteiger partial charge in [0.2, 0.25) is 5.75 Å². The Bertz CT molecular complexity index is 796. The van der Waals surface area contributed by atoms with Gasteiger partial charge < -0.3 is 14.2 Å². The third kappa shape index (κ3) is 4.27. The van der Waals surface area contributed by atoms with Gasteiger partial charge in [0.25, 0.3) is 11.8 Å². The van der Waals surface area contributed by atoms with E-state index in [0.29, 0.717) is 41.7 Å². The first-order chi connectivity index (χ1) is 16.7. The highest BCUT2D eigenvalue weighted by molar-refractivity contribution is 5.42. The Morgan fingerprint density at radius 2 is 1.09 bits per heavy atom. The molecule has 1 aromatic rings. The van der Waals surface area contributed by atoms with Crippen molar-refractivity contribution in [3.05, 3.63) is 6.33 Å². The molecule has 7 heteroatoms. The SMILES string of the molecule is COc1c(OC2CC3CCC(C2)N3CC2CC2)ncnc1O[C@@H]1C[C@H]2CC[C@@H](C1)N2CC1CC1. The fourth-order valence-electron chi connectivity index (χ4n) is 7.43. The van der Waals surface area contributed by atoms with Crippen LogP contribution in [0.3, 0.4) is 0 Å². The van der Waals surface area contributed by atoms with E-state index < -0.39 is 0 Å². The second-order valence-corrected chi connectivity index (χ2v) is 12.0. The molecule has 6 fully saturated rings. The second-order valence-electron chi connectivity index (χ2n) is 12.0. The standard InChI is InChI=1S/C27H40N4O3/c1-32-25-26(33-23-10-19-6-7-20(11-23)30(19)14-17-2-3-17)28-16-29-27(25)34-24-12-21-8-9-22(13-24)31(21)15-18-4-5-18/h16-24H,2-15H2,1H3/t19-,20+,21?,22?,23-,24?. The Morgan fingerprint density at radius 3 is 1.44 bits per heavy atom. The summed E-state index contributed by atoms with van der Waals surface area (Å²) < 4.78 is 18.7. The number of hydrogen-bond acceptors (Lipinski definition) is 7. The number of methoxy groups -OCH3 is 1. The quantitative estimate of drug-likeness (QED) is 0.542. The average Bonchev–Trinajstić information content (AvgIpc) is 3.73. The van der Waals surface area contributed by atoms with Gasteiger partial charge in [0.15, 0.2) is 0 Å². The van der Waals surface area contributed by atoms with Crippen molar-refractivity contribution in [2.75, 3.05) is 20.2 Å². The third-order valence-corrected chi connectivity index (χ3v) is 9.51. The van der Waals surface area contributed by atoms with Gasteiger partial charge in [0.1, 0.15) is 18.5 Å². The predicted octanol–water partition coefficient (Wildman–Crippen LogP) is 4.05. The Balaban J connectivity index is 1.01. The van der Waals surface area contributed by atoms with E-state index in [-0.39, 0.29) is 12.2 Å². The summed E-state index contributed by atoms with van der Waals surface area (Å²) in [4.78, 5) is 14.5. The first-order valence-corrected chi connectivity index (χ1v) is 14.0. The first-order valence-electron chi connectivity index (χ1n) is 14.0. The molecule has 1 aromatic heterocycles. The van der Waals surface area contributed by atoms with E-state index in [4.69, 9.17) is 14.2 Å². The molecule has 0 amide bonds. The molecule has 2 aliphatic carbocycles. The Kier molecular flexibility index (Phi) is 5.61. The Labute approximate surface area is 203 Å². The van der Waals surface area contributed by atoms with Crippen molar-refractivity contribution < 1.29 is 14.2 Å². The molecule has 4 saturated heterocycles. The molecule has 4 bridgehead atoms. The summed E-state index contributed by atoms with van der Waals surface area (Å²) >= 11 is 0. The summed E-state index contributed by atoms with van der Waals surface area (Å²) in [6, 6.07) is 2.68. The van der Waals surface area contributed by atoms with E-state index in [1.165, 1.54) is 64.5 Å². The zero-order chi connectivity index (χ0) is 22.6. The molecule has 2 saturated carbocycles. The van der Waals surface area contributed by atoms with Crippen LogP contribution in [0, 0.1) is 11.8 Å². The third-order valence-electron chi connectivity index (χ3n) is 9.51. The monoisotopic (exact) mass is 468 g/mol. The second kappa shape index (κ2) is 8.81. The minimum absolute atomic E-state index is 0.200. The number of rotatable bonds is 9. The fraction of sp³-hybridized carbons (Fsp3) is 0.852. The van der Waals surface area contributed by atoms with Gasteiger partial charge in [-0.05, 0) is 88.9 Å². The summed E-state index contributed by atoms with van der Waals surface area (Å²) in [5.41, 5.74) is 0. The normalized spacial score (nSPS) is 37.7. The lowest BCUT2D eigenvalue weighted by Gasteiger charge is -2.39. The van der Waals surface area contributed by atoms with Crippen molar-refractivity contribution in [2.45, 2.75) is 113 Å². The summed E-state index contributed by atoms with van der Waals surface area (Å²) in [6.07, 6.45) is 17.3. The molecule has 5 atom stereocenters. The maximum Gasteiger partial charge on any atom is 0.264 e. The first kappa shape index (κ1) is 21.7. The van der Waals surface area contributed by atoms with Crippen molar-refractivity contribution in [1.82, 2.24) is 19.8 Å². The number of piperidine rings is 2. The lowest BCUT2D eigenvalue weighted by Crippen LogP contribution is -2.47. The lowest BCUT2D eigenvalue weighted by atomic mass is 9.99. The molecule has 7 nitrogen and oxygen atoms in total. The lowest BCUT2D eigenvalue weighted by molar-refractivity contribution is 0.0368. The van der Waals surface area contributed by atoms with E-state index in [0.717, 1.165) is 37.5 Å². The molecule has 7 rings (SSSR count). The largest absolute Gasteiger partial charge is 0.487 e. The van der Waals surface area contributed by atoms with Gasteiger partial charge in [0, 0.05) is 37.3 Å². The molecule has 0 N–H and O–H groups in total. The zero-order valence-corrected chi connectivity index (χ0v) is 20.6. The molecular weight excluding hydrogens is 428 g/mol. The molecule has 2 unspecified atom stereocenters. The van der Waals surface area contributed by atoms with E-state index in [9.17, 15) is 0 Å². The molecule has 34 heavy (non-hydrogen) atoms. The van der Waals surface area contributed by atoms with Gasteiger partial charge in [-0.1, -0.05) is 0 Å². The van der Waals surface area contributed by atoms with E-state index >= 15 is 0 Å². The van der Waals surface area contributed by atoms with Crippen molar-refractivity contribution in [2.24, 2.45) is 11.8 Å². The topological polar surface area (TPSA) is 60.0 Å². The number of aromatic nitrogens is 2. The van der Waals surface area contributed by atoms with Gasteiger partial charge in [-0.2, -0.15) is 9.97 Å². The molecule has 0 aromatic carbocycles. The fourth-order valence-corrected chi connectivity index (χ4v) is 7.43. The van der Waals surface area contributed by atoms with Gasteiger partial charge in [-0.15, -0.1) is 0 Å². The van der Waals surface area contributed by atoms with E-state index in [2.05, 4.69) is 19.8 Å². The molecule has 186 valence electrons. The number of nitrogens with zero attached hydrogens (tertiary/aromatic N) is 4. The minimum atomic E-state index is 0.200. The van der Waals surface area contributed by atoms with Crippen LogP contribution >= 0.6 is 0 Å². The van der Waals surface area contributed by atoms with Gasteiger partial charge in [0.05, 0.1) is 7.11 Å². The minimum Gasteiger partial charge on any atom is -0.487 e. The highest BCUT2D eigenvalue weighted by Gasteiger charge is 2.45. The van der Waals surface area contributed by atoms with Gasteiger partial charge in [-0.3, -0.25) is 9.80 Å². The van der Waals surface area contributed by atoms with Crippen LogP contribution in [0.2, 0.25) is 0 Å². The molecular formula is C27H40N4O3. The summed E-state index contributed by atoms with van der Waals surface area (Å²) in [5.74, 6) is 3.60. The Morgan fingerprint density at radius 1 is 0.676 bits per heavy atom. The number of ether oxygens (including phenoxy) is 3. The zero-order valence-electron chi connectivity index (χ0n) is 20.6. The van der Waals surface area contributed by atoms with Crippen molar-refractivity contribution in [1.29, 1.82) is 0 Å². The van der Waals surface area contributed by atoms with Crippen LogP contribution in [0.25, 0.3) is 0 Å². The molecule has 5 heterocycles. The highest BCUT2D eigenvalue weighted by Crippen LogP contribution is 2.44. The van der Waals surface area contributed by atoms with Crippen LogP contribution in [0.5, 0.6) is 17.5 Å². The summed E-state index contributed by atoms with van der Waals surface area (Å²) in [5, 5.41) is 0. The molecule has 0 spiro atoms. The van der Waals surface area contributed by atoms with Crippen LogP contribution in [0.15, 0.2) is 6.33 Å². The van der Waals surface area contributed by atoms with Crippen LogP contribution in [0.4, 0.5) is 0 Å². The summed E-state index contributed by atoms with van der Waals surface area (Å²) in [7, 11) is 1.68. The number of fused-ring (bicyclic) bond motifs is 4. The maximum absolute atomic E-state index is 6.49. The number of hydrogen-bond donors (Lipinski definition) is 0. The smallest absolute Gasteiger partial charge is 0.264 e. The molecule has 0 radical (unpaired) electrons. The van der Waals surface area contributed by atoms with Crippen molar-refractivity contribution in [3.8, 4) is 17.5 Å². The summed E-state index contributed by atoms with van der Waals surface area (Å²) in [6.45, 7) is 2.61. The maximum atomic E-state index is 6.49. The molecule has 4 aliphatic heterocycles. The van der Waals surface area contributed by atoms with Gasteiger partial charge in [-0.25, -0.2) is 0 Å². The predicted molar refractivity (Wildman–Crippen MR) is 128 cm³/mol. The average molecular weight is 469 g/mol. The van der Waals surface area contributed by atoms with E-state index in [1.54, 1.807) is 13.4 Å². The molecule has 6 aliphatic rings. The van der Waals surface area contributed by atoms with Crippen LogP contribution in [0.1, 0.15) is 77.0 Å². The van der Waals surface area contributed by atoms with Crippen molar-refractivity contribution in [3.63, 3.8) is 0 Å². The van der Waals surface area contributed by atoms with E-state index in [1.807, 2.05) is 0 Å². The van der Waals surface area contributed by atoms with Crippen molar-refractivity contribution >= 4 is 0 Å². The van der Waals surface area contributed by atoms with Crippen LogP contribution < -0.4 is 14.2 Å². The Hall–Kier alpha value is -1.60.